The van der Waals surface area contributed by atoms with Crippen molar-refractivity contribution in [2.75, 3.05) is 13.2 Å². The molecule has 0 N–H and O–H groups in total. The van der Waals surface area contributed by atoms with Crippen LogP contribution >= 0.6 is 0 Å². The molecule has 1 spiro atoms. The lowest BCUT2D eigenvalue weighted by Gasteiger charge is -2.65. The van der Waals surface area contributed by atoms with E-state index in [0.29, 0.717) is 17.3 Å². The van der Waals surface area contributed by atoms with E-state index in [-0.39, 0.29) is 17.6 Å². The Morgan fingerprint density at radius 2 is 1.47 bits per heavy atom. The lowest BCUT2D eigenvalue weighted by atomic mass is 9.42. The standard InChI is InChI=1S/C30H50O4/c1-18(2)14-19(3)21-8-9-22-20-16-30(31-12-13-32-30)26-15-24-25(34-27(4,5)33-24)17-29(26,7)23(20)10-11-28(21,22)6/h18-26H,8-17H2,1-7H3/t19-,20?,21-,22?,23?,24+,25-,26?,28-,29-/m1/s1. The quantitative estimate of drug-likeness (QED) is 0.450. The van der Waals surface area contributed by atoms with Crippen molar-refractivity contribution in [3.05, 3.63) is 0 Å². The van der Waals surface area contributed by atoms with E-state index in [1.807, 2.05) is 0 Å². The molecule has 6 rings (SSSR count). The Bertz CT molecular complexity index is 787. The molecule has 2 saturated heterocycles. The molecular weight excluding hydrogens is 424 g/mol. The average molecular weight is 475 g/mol. The molecule has 10 atom stereocenters. The number of rotatable bonds is 3. The smallest absolute Gasteiger partial charge is 0.172 e. The number of hydrogen-bond donors (Lipinski definition) is 0. The van der Waals surface area contributed by atoms with Crippen molar-refractivity contribution in [1.82, 2.24) is 0 Å². The van der Waals surface area contributed by atoms with Gasteiger partial charge in [-0.15, -0.1) is 0 Å². The molecule has 0 bridgehead atoms. The van der Waals surface area contributed by atoms with Crippen LogP contribution in [0.2, 0.25) is 0 Å². The highest BCUT2D eigenvalue weighted by Gasteiger charge is 2.70. The van der Waals surface area contributed by atoms with E-state index in [1.54, 1.807) is 0 Å². The van der Waals surface area contributed by atoms with Crippen LogP contribution in [0.25, 0.3) is 0 Å². The zero-order valence-electron chi connectivity index (χ0n) is 22.9. The maximum Gasteiger partial charge on any atom is 0.172 e. The summed E-state index contributed by atoms with van der Waals surface area (Å²) in [4.78, 5) is 0. The molecular formula is C30H50O4. The first kappa shape index (κ1) is 24.2. The molecule has 0 aromatic rings. The van der Waals surface area contributed by atoms with E-state index in [4.69, 9.17) is 18.9 Å². The van der Waals surface area contributed by atoms with Crippen molar-refractivity contribution >= 4 is 0 Å². The molecule has 0 aromatic heterocycles. The average Bonchev–Trinajstić information content (AvgIpc) is 3.40. The minimum atomic E-state index is -0.473. The molecule has 0 radical (unpaired) electrons. The van der Waals surface area contributed by atoms with Crippen molar-refractivity contribution in [1.29, 1.82) is 0 Å². The number of fused-ring (bicyclic) bond motifs is 7. The Morgan fingerprint density at radius 3 is 2.18 bits per heavy atom. The molecule has 2 heterocycles. The summed E-state index contributed by atoms with van der Waals surface area (Å²) in [5.41, 5.74) is 0.672. The topological polar surface area (TPSA) is 36.9 Å². The highest BCUT2D eigenvalue weighted by atomic mass is 16.8. The zero-order valence-corrected chi connectivity index (χ0v) is 22.9. The molecule has 6 aliphatic rings. The fraction of sp³-hybridized carbons (Fsp3) is 1.00. The van der Waals surface area contributed by atoms with Gasteiger partial charge >= 0.3 is 0 Å². The van der Waals surface area contributed by atoms with Crippen molar-refractivity contribution in [2.24, 2.45) is 52.3 Å². The van der Waals surface area contributed by atoms with Crippen LogP contribution in [0.4, 0.5) is 0 Å². The number of hydrogen-bond acceptors (Lipinski definition) is 4. The van der Waals surface area contributed by atoms with E-state index in [9.17, 15) is 0 Å². The van der Waals surface area contributed by atoms with Gasteiger partial charge in [0.1, 0.15) is 0 Å². The molecule has 0 aromatic carbocycles. The fourth-order valence-corrected chi connectivity index (χ4v) is 11.0. The summed E-state index contributed by atoms with van der Waals surface area (Å²) in [6.45, 7) is 18.3. The van der Waals surface area contributed by atoms with Gasteiger partial charge in [-0.25, -0.2) is 0 Å². The first-order valence-electron chi connectivity index (χ1n) is 14.6. The molecule has 4 aliphatic carbocycles. The maximum atomic E-state index is 6.66. The van der Waals surface area contributed by atoms with Crippen LogP contribution in [0.1, 0.15) is 99.8 Å². The summed E-state index contributed by atoms with van der Waals surface area (Å²) < 4.78 is 26.2. The second kappa shape index (κ2) is 7.92. The van der Waals surface area contributed by atoms with Crippen LogP contribution in [0, 0.1) is 52.3 Å². The molecule has 0 amide bonds. The van der Waals surface area contributed by atoms with E-state index in [0.717, 1.165) is 62.1 Å². The molecule has 4 unspecified atom stereocenters. The second-order valence-corrected chi connectivity index (χ2v) is 14.6. The highest BCUT2D eigenvalue weighted by Crippen LogP contribution is 2.71. The van der Waals surface area contributed by atoms with Crippen LogP contribution in [0.15, 0.2) is 0 Å². The largest absolute Gasteiger partial charge is 0.347 e. The fourth-order valence-electron chi connectivity index (χ4n) is 11.0. The van der Waals surface area contributed by atoms with Crippen LogP contribution in [-0.4, -0.2) is 37.0 Å². The summed E-state index contributed by atoms with van der Waals surface area (Å²) >= 11 is 0. The molecule has 6 fully saturated rings. The van der Waals surface area contributed by atoms with Crippen molar-refractivity contribution in [3.8, 4) is 0 Å². The van der Waals surface area contributed by atoms with Crippen molar-refractivity contribution < 1.29 is 18.9 Å². The van der Waals surface area contributed by atoms with E-state index >= 15 is 0 Å². The summed E-state index contributed by atoms with van der Waals surface area (Å²) in [6, 6.07) is 0. The van der Waals surface area contributed by atoms with Crippen LogP contribution in [-0.2, 0) is 18.9 Å². The van der Waals surface area contributed by atoms with Gasteiger partial charge in [-0.1, -0.05) is 34.6 Å². The maximum absolute atomic E-state index is 6.66. The Hall–Kier alpha value is -0.160. The lowest BCUT2D eigenvalue weighted by Crippen LogP contribution is -2.65. The molecule has 2 aliphatic heterocycles. The molecule has 4 saturated carbocycles. The minimum Gasteiger partial charge on any atom is -0.347 e. The molecule has 4 nitrogen and oxygen atoms in total. The Kier molecular flexibility index (Phi) is 5.63. The third kappa shape index (κ3) is 3.44. The van der Waals surface area contributed by atoms with Gasteiger partial charge in [0.2, 0.25) is 0 Å². The third-order valence-electron chi connectivity index (χ3n) is 11.9. The van der Waals surface area contributed by atoms with E-state index in [1.165, 1.54) is 32.1 Å². The van der Waals surface area contributed by atoms with Gasteiger partial charge in [0.25, 0.3) is 0 Å². The second-order valence-electron chi connectivity index (χ2n) is 14.6. The van der Waals surface area contributed by atoms with Gasteiger partial charge in [0, 0.05) is 12.3 Å². The van der Waals surface area contributed by atoms with Gasteiger partial charge in [-0.05, 0) is 105 Å². The van der Waals surface area contributed by atoms with Gasteiger partial charge in [-0.2, -0.15) is 0 Å². The monoisotopic (exact) mass is 474 g/mol. The van der Waals surface area contributed by atoms with E-state index < -0.39 is 11.6 Å². The van der Waals surface area contributed by atoms with Gasteiger partial charge in [-0.3, -0.25) is 0 Å². The predicted molar refractivity (Wildman–Crippen MR) is 133 cm³/mol. The minimum absolute atomic E-state index is 0.177. The van der Waals surface area contributed by atoms with Gasteiger partial charge < -0.3 is 18.9 Å². The van der Waals surface area contributed by atoms with Crippen LogP contribution in [0.5, 0.6) is 0 Å². The summed E-state index contributed by atoms with van der Waals surface area (Å²) in [7, 11) is 0. The predicted octanol–water partition coefficient (Wildman–Crippen LogP) is 6.81. The summed E-state index contributed by atoms with van der Waals surface area (Å²) in [6.07, 6.45) is 10.6. The first-order valence-corrected chi connectivity index (χ1v) is 14.6. The first-order chi connectivity index (χ1) is 16.0. The SMILES string of the molecule is CC(C)C[C@@H](C)[C@H]1CCC2C3CC4(OCCO4)C4C[C@@H]5OC(C)(C)O[C@@H]5C[C@]4(C)C3CC[C@@]21C. The Morgan fingerprint density at radius 1 is 0.794 bits per heavy atom. The third-order valence-corrected chi connectivity index (χ3v) is 11.9. The zero-order chi connectivity index (χ0) is 24.1. The Balaban J connectivity index is 1.33. The van der Waals surface area contributed by atoms with Gasteiger partial charge in [0.05, 0.1) is 25.4 Å². The normalized spacial score (nSPS) is 51.7. The van der Waals surface area contributed by atoms with Crippen LogP contribution in [0.3, 0.4) is 0 Å². The Labute approximate surface area is 208 Å². The van der Waals surface area contributed by atoms with Gasteiger partial charge in [0.15, 0.2) is 11.6 Å². The summed E-state index contributed by atoms with van der Waals surface area (Å²) in [5, 5.41) is 0. The van der Waals surface area contributed by atoms with Crippen molar-refractivity contribution in [3.63, 3.8) is 0 Å². The summed E-state index contributed by atoms with van der Waals surface area (Å²) in [5.74, 6) is 4.29. The molecule has 34 heavy (non-hydrogen) atoms. The van der Waals surface area contributed by atoms with E-state index in [2.05, 4.69) is 48.5 Å². The number of ether oxygens (including phenoxy) is 4. The van der Waals surface area contributed by atoms with Crippen LogP contribution < -0.4 is 0 Å². The lowest BCUT2D eigenvalue weighted by molar-refractivity contribution is -0.300. The molecule has 194 valence electrons. The van der Waals surface area contributed by atoms with Crippen molar-refractivity contribution in [2.45, 2.75) is 124 Å². The highest BCUT2D eigenvalue weighted by molar-refractivity contribution is 5.15. The molecule has 4 heteroatoms.